The SMILES string of the molecule is CC(C)C1CCCCC1NCCN(C)C1CC1. The van der Waals surface area contributed by atoms with E-state index in [4.69, 9.17) is 0 Å². The summed E-state index contributed by atoms with van der Waals surface area (Å²) in [7, 11) is 2.28. The molecule has 0 spiro atoms. The van der Waals surface area contributed by atoms with Gasteiger partial charge in [0.25, 0.3) is 0 Å². The van der Waals surface area contributed by atoms with Crippen molar-refractivity contribution in [3.63, 3.8) is 0 Å². The number of hydrogen-bond donors (Lipinski definition) is 1. The topological polar surface area (TPSA) is 15.3 Å². The van der Waals surface area contributed by atoms with Gasteiger partial charge in [0.05, 0.1) is 0 Å². The van der Waals surface area contributed by atoms with Gasteiger partial charge in [-0.3, -0.25) is 0 Å². The van der Waals surface area contributed by atoms with Gasteiger partial charge < -0.3 is 10.2 Å². The van der Waals surface area contributed by atoms with Crippen LogP contribution < -0.4 is 5.32 Å². The van der Waals surface area contributed by atoms with Crippen molar-refractivity contribution in [3.05, 3.63) is 0 Å². The van der Waals surface area contributed by atoms with Crippen molar-refractivity contribution >= 4 is 0 Å². The van der Waals surface area contributed by atoms with Crippen LogP contribution in [0.5, 0.6) is 0 Å². The van der Waals surface area contributed by atoms with Crippen LogP contribution in [0.25, 0.3) is 0 Å². The highest BCUT2D eigenvalue weighted by molar-refractivity contribution is 4.85. The van der Waals surface area contributed by atoms with Crippen molar-refractivity contribution in [2.24, 2.45) is 11.8 Å². The van der Waals surface area contributed by atoms with Crippen LogP contribution in [-0.2, 0) is 0 Å². The van der Waals surface area contributed by atoms with Crippen LogP contribution in [0.3, 0.4) is 0 Å². The Balaban J connectivity index is 1.68. The lowest BCUT2D eigenvalue weighted by atomic mass is 9.78. The largest absolute Gasteiger partial charge is 0.312 e. The molecule has 2 saturated carbocycles. The van der Waals surface area contributed by atoms with Crippen molar-refractivity contribution < 1.29 is 0 Å². The molecule has 0 aromatic heterocycles. The highest BCUT2D eigenvalue weighted by Gasteiger charge is 2.28. The molecule has 0 saturated heterocycles. The average Bonchev–Trinajstić information content (AvgIpc) is 3.13. The standard InChI is InChI=1S/C15H30N2/c1-12(2)14-6-4-5-7-15(14)16-10-11-17(3)13-8-9-13/h12-16H,4-11H2,1-3H3. The second kappa shape index (κ2) is 6.19. The van der Waals surface area contributed by atoms with E-state index in [2.05, 4.69) is 31.1 Å². The summed E-state index contributed by atoms with van der Waals surface area (Å²) in [5, 5.41) is 3.82. The summed E-state index contributed by atoms with van der Waals surface area (Å²) in [5.74, 6) is 1.75. The van der Waals surface area contributed by atoms with Gasteiger partial charge in [0.15, 0.2) is 0 Å². The zero-order valence-electron chi connectivity index (χ0n) is 11.9. The van der Waals surface area contributed by atoms with E-state index >= 15 is 0 Å². The molecule has 0 radical (unpaired) electrons. The first-order valence-corrected chi connectivity index (χ1v) is 7.62. The first kappa shape index (κ1) is 13.4. The van der Waals surface area contributed by atoms with Gasteiger partial charge in [-0.1, -0.05) is 26.7 Å². The van der Waals surface area contributed by atoms with Crippen molar-refractivity contribution in [2.75, 3.05) is 20.1 Å². The fourth-order valence-electron chi connectivity index (χ4n) is 3.34. The zero-order valence-corrected chi connectivity index (χ0v) is 11.9. The van der Waals surface area contributed by atoms with Crippen LogP contribution in [0.15, 0.2) is 0 Å². The van der Waals surface area contributed by atoms with E-state index in [0.29, 0.717) is 0 Å². The number of hydrogen-bond acceptors (Lipinski definition) is 2. The average molecular weight is 238 g/mol. The van der Waals surface area contributed by atoms with Gasteiger partial charge >= 0.3 is 0 Å². The van der Waals surface area contributed by atoms with E-state index in [1.807, 2.05) is 0 Å². The minimum absolute atomic E-state index is 0.788. The number of nitrogens with zero attached hydrogens (tertiary/aromatic N) is 1. The van der Waals surface area contributed by atoms with Crippen LogP contribution >= 0.6 is 0 Å². The van der Waals surface area contributed by atoms with Crippen LogP contribution in [0.1, 0.15) is 52.4 Å². The van der Waals surface area contributed by atoms with Gasteiger partial charge in [0.2, 0.25) is 0 Å². The number of likely N-dealkylation sites (N-methyl/N-ethyl adjacent to an activating group) is 1. The minimum Gasteiger partial charge on any atom is -0.312 e. The quantitative estimate of drug-likeness (QED) is 0.765. The molecule has 2 fully saturated rings. The van der Waals surface area contributed by atoms with Crippen molar-refractivity contribution in [2.45, 2.75) is 64.5 Å². The lowest BCUT2D eigenvalue weighted by Gasteiger charge is -2.35. The van der Waals surface area contributed by atoms with Gasteiger partial charge in [0.1, 0.15) is 0 Å². The predicted octanol–water partition coefficient (Wildman–Crippen LogP) is 2.89. The zero-order chi connectivity index (χ0) is 12.3. The fraction of sp³-hybridized carbons (Fsp3) is 1.00. The smallest absolute Gasteiger partial charge is 0.0107 e. The molecular weight excluding hydrogens is 208 g/mol. The number of nitrogens with one attached hydrogen (secondary N) is 1. The Hall–Kier alpha value is -0.0800. The Morgan fingerprint density at radius 3 is 2.47 bits per heavy atom. The van der Waals surface area contributed by atoms with Gasteiger partial charge in [0, 0.05) is 25.2 Å². The third kappa shape index (κ3) is 3.96. The molecule has 0 amide bonds. The number of rotatable bonds is 6. The lowest BCUT2D eigenvalue weighted by molar-refractivity contribution is 0.198. The molecule has 0 bridgehead atoms. The normalized spacial score (nSPS) is 30.2. The monoisotopic (exact) mass is 238 g/mol. The molecule has 2 rings (SSSR count). The van der Waals surface area contributed by atoms with E-state index in [-0.39, 0.29) is 0 Å². The van der Waals surface area contributed by atoms with E-state index in [1.54, 1.807) is 0 Å². The Morgan fingerprint density at radius 1 is 1.12 bits per heavy atom. The molecule has 1 N–H and O–H groups in total. The van der Waals surface area contributed by atoms with Crippen LogP contribution in [0.4, 0.5) is 0 Å². The van der Waals surface area contributed by atoms with Crippen molar-refractivity contribution in [3.8, 4) is 0 Å². The maximum Gasteiger partial charge on any atom is 0.0107 e. The van der Waals surface area contributed by atoms with E-state index in [9.17, 15) is 0 Å². The van der Waals surface area contributed by atoms with Gasteiger partial charge in [-0.05, 0) is 44.6 Å². The lowest BCUT2D eigenvalue weighted by Crippen LogP contribution is -2.43. The molecule has 2 aliphatic rings. The Kier molecular flexibility index (Phi) is 4.87. The Labute approximate surface area is 107 Å². The van der Waals surface area contributed by atoms with Gasteiger partial charge in [-0.15, -0.1) is 0 Å². The maximum absolute atomic E-state index is 3.82. The molecule has 0 aromatic carbocycles. The van der Waals surface area contributed by atoms with Crippen LogP contribution in [0, 0.1) is 11.8 Å². The summed E-state index contributed by atoms with van der Waals surface area (Å²) in [6, 6.07) is 1.69. The summed E-state index contributed by atoms with van der Waals surface area (Å²) in [6.45, 7) is 7.19. The minimum atomic E-state index is 0.788. The van der Waals surface area contributed by atoms with Gasteiger partial charge in [-0.25, -0.2) is 0 Å². The molecular formula is C15H30N2. The maximum atomic E-state index is 3.82. The van der Waals surface area contributed by atoms with E-state index in [0.717, 1.165) is 23.9 Å². The predicted molar refractivity (Wildman–Crippen MR) is 74.2 cm³/mol. The van der Waals surface area contributed by atoms with E-state index < -0.39 is 0 Å². The van der Waals surface area contributed by atoms with E-state index in [1.165, 1.54) is 51.6 Å². The third-order valence-corrected chi connectivity index (χ3v) is 4.72. The summed E-state index contributed by atoms with van der Waals surface area (Å²) >= 11 is 0. The van der Waals surface area contributed by atoms with Crippen molar-refractivity contribution in [1.82, 2.24) is 10.2 Å². The summed E-state index contributed by atoms with van der Waals surface area (Å²) in [6.07, 6.45) is 8.56. The summed E-state index contributed by atoms with van der Waals surface area (Å²) in [5.41, 5.74) is 0. The first-order valence-electron chi connectivity index (χ1n) is 7.62. The molecule has 17 heavy (non-hydrogen) atoms. The molecule has 2 nitrogen and oxygen atoms in total. The molecule has 2 atom stereocenters. The Morgan fingerprint density at radius 2 is 1.82 bits per heavy atom. The van der Waals surface area contributed by atoms with Gasteiger partial charge in [-0.2, -0.15) is 0 Å². The summed E-state index contributed by atoms with van der Waals surface area (Å²) < 4.78 is 0. The molecule has 2 heteroatoms. The molecule has 0 aromatic rings. The third-order valence-electron chi connectivity index (χ3n) is 4.72. The van der Waals surface area contributed by atoms with Crippen LogP contribution in [-0.4, -0.2) is 37.1 Å². The second-order valence-electron chi connectivity index (χ2n) is 6.46. The highest BCUT2D eigenvalue weighted by Crippen LogP contribution is 2.30. The fourth-order valence-corrected chi connectivity index (χ4v) is 3.34. The molecule has 0 heterocycles. The molecule has 2 unspecified atom stereocenters. The Bertz CT molecular complexity index is 223. The first-order chi connectivity index (χ1) is 8.18. The van der Waals surface area contributed by atoms with Crippen molar-refractivity contribution in [1.29, 1.82) is 0 Å². The van der Waals surface area contributed by atoms with Crippen LogP contribution in [0.2, 0.25) is 0 Å². The summed E-state index contributed by atoms with van der Waals surface area (Å²) in [4.78, 5) is 2.53. The molecule has 0 aliphatic heterocycles. The highest BCUT2D eigenvalue weighted by atomic mass is 15.2. The second-order valence-corrected chi connectivity index (χ2v) is 6.46. The molecule has 2 aliphatic carbocycles. The molecule has 100 valence electrons.